The fraction of sp³-hybridized carbons (Fsp3) is 0.667. The maximum absolute atomic E-state index is 12.1. The summed E-state index contributed by atoms with van der Waals surface area (Å²) in [7, 11) is 1.56. The minimum atomic E-state index is -1.02. The topological polar surface area (TPSA) is 76.1 Å². The molecule has 1 saturated heterocycles. The monoisotopic (exact) mass is 257 g/mol. The molecule has 0 spiro atoms. The summed E-state index contributed by atoms with van der Waals surface area (Å²) in [5, 5.41) is 8.81. The first-order chi connectivity index (χ1) is 8.60. The van der Waals surface area contributed by atoms with Gasteiger partial charge in [-0.1, -0.05) is 6.08 Å². The van der Waals surface area contributed by atoms with Crippen LogP contribution < -0.4 is 0 Å². The van der Waals surface area contributed by atoms with E-state index >= 15 is 0 Å². The molecule has 0 aliphatic carbocycles. The maximum atomic E-state index is 12.1. The Morgan fingerprint density at radius 3 is 2.67 bits per heavy atom. The van der Waals surface area contributed by atoms with Crippen molar-refractivity contribution < 1.29 is 24.2 Å². The van der Waals surface area contributed by atoms with Crippen molar-refractivity contribution in [2.24, 2.45) is 0 Å². The molecule has 6 nitrogen and oxygen atoms in total. The second-order valence-electron chi connectivity index (χ2n) is 4.09. The van der Waals surface area contributed by atoms with Gasteiger partial charge in [0.25, 0.3) is 5.91 Å². The van der Waals surface area contributed by atoms with Crippen LogP contribution in [0.1, 0.15) is 12.8 Å². The Labute approximate surface area is 106 Å². The zero-order chi connectivity index (χ0) is 13.5. The second-order valence-corrected chi connectivity index (χ2v) is 4.09. The molecule has 0 bridgehead atoms. The number of carbonyl (C=O) groups is 2. The highest BCUT2D eigenvalue weighted by Crippen LogP contribution is 2.21. The molecule has 0 radical (unpaired) electrons. The van der Waals surface area contributed by atoms with Crippen LogP contribution in [0.5, 0.6) is 0 Å². The van der Waals surface area contributed by atoms with Crippen LogP contribution in [-0.4, -0.2) is 60.9 Å². The Balaban J connectivity index is 2.55. The molecule has 1 N–H and O–H groups in total. The van der Waals surface area contributed by atoms with Gasteiger partial charge in [0.15, 0.2) is 6.10 Å². The van der Waals surface area contributed by atoms with E-state index in [4.69, 9.17) is 14.6 Å². The van der Waals surface area contributed by atoms with Crippen LogP contribution in [0.2, 0.25) is 0 Å². The van der Waals surface area contributed by atoms with E-state index in [0.717, 1.165) is 0 Å². The fourth-order valence-corrected chi connectivity index (χ4v) is 1.85. The number of carboxylic acids is 1. The third-order valence-electron chi connectivity index (χ3n) is 2.80. The van der Waals surface area contributed by atoms with Gasteiger partial charge in [-0.05, 0) is 12.8 Å². The van der Waals surface area contributed by atoms with Crippen molar-refractivity contribution in [1.29, 1.82) is 0 Å². The molecule has 1 aliphatic heterocycles. The third-order valence-corrected chi connectivity index (χ3v) is 2.80. The maximum Gasteiger partial charge on any atom is 0.332 e. The van der Waals surface area contributed by atoms with Crippen molar-refractivity contribution in [1.82, 2.24) is 4.90 Å². The summed E-state index contributed by atoms with van der Waals surface area (Å²) in [6, 6.07) is 0. The number of aliphatic carboxylic acids is 1. The van der Waals surface area contributed by atoms with Crippen molar-refractivity contribution in [3.63, 3.8) is 0 Å². The predicted molar refractivity (Wildman–Crippen MR) is 64.2 cm³/mol. The minimum Gasteiger partial charge on any atom is -0.479 e. The average Bonchev–Trinajstić information content (AvgIpc) is 2.83. The Morgan fingerprint density at radius 2 is 2.17 bits per heavy atom. The molecule has 0 aromatic heterocycles. The number of carboxylic acid groups (broad SMARTS) is 1. The Kier molecular flexibility index (Phi) is 5.80. The van der Waals surface area contributed by atoms with Crippen LogP contribution in [0, 0.1) is 0 Å². The molecule has 102 valence electrons. The fourth-order valence-electron chi connectivity index (χ4n) is 1.85. The van der Waals surface area contributed by atoms with Gasteiger partial charge in [-0.3, -0.25) is 4.79 Å². The van der Waals surface area contributed by atoms with Crippen LogP contribution in [-0.2, 0) is 19.1 Å². The summed E-state index contributed by atoms with van der Waals surface area (Å²) in [5.74, 6) is -1.21. The zero-order valence-electron chi connectivity index (χ0n) is 10.5. The number of hydrogen-bond donors (Lipinski definition) is 1. The molecule has 18 heavy (non-hydrogen) atoms. The van der Waals surface area contributed by atoms with Crippen molar-refractivity contribution in [3.05, 3.63) is 12.7 Å². The average molecular weight is 257 g/mol. The molecule has 0 aromatic rings. The van der Waals surface area contributed by atoms with E-state index in [1.54, 1.807) is 18.1 Å². The Bertz CT molecular complexity index is 318. The summed E-state index contributed by atoms with van der Waals surface area (Å²) < 4.78 is 10.2. The number of methoxy groups -OCH3 is 1. The lowest BCUT2D eigenvalue weighted by molar-refractivity contribution is -0.154. The lowest BCUT2D eigenvalue weighted by Crippen LogP contribution is -2.41. The third kappa shape index (κ3) is 3.82. The van der Waals surface area contributed by atoms with E-state index in [9.17, 15) is 9.59 Å². The van der Waals surface area contributed by atoms with Crippen molar-refractivity contribution >= 4 is 11.9 Å². The summed E-state index contributed by atoms with van der Waals surface area (Å²) in [6.45, 7) is 4.86. The van der Waals surface area contributed by atoms with E-state index in [0.29, 0.717) is 32.5 Å². The molecule has 0 saturated carbocycles. The molecule has 0 unspecified atom stereocenters. The largest absolute Gasteiger partial charge is 0.479 e. The number of nitrogens with zero attached hydrogens (tertiary/aromatic N) is 1. The zero-order valence-corrected chi connectivity index (χ0v) is 10.5. The smallest absolute Gasteiger partial charge is 0.332 e. The minimum absolute atomic E-state index is 0.198. The summed E-state index contributed by atoms with van der Waals surface area (Å²) >= 11 is 0. The molecule has 1 aliphatic rings. The van der Waals surface area contributed by atoms with Crippen LogP contribution in [0.15, 0.2) is 12.7 Å². The van der Waals surface area contributed by atoms with Gasteiger partial charge in [-0.25, -0.2) is 4.79 Å². The number of amides is 1. The van der Waals surface area contributed by atoms with E-state index in [1.165, 1.54) is 0 Å². The lowest BCUT2D eigenvalue weighted by atomic mass is 10.2. The molecule has 1 amide bonds. The van der Waals surface area contributed by atoms with Crippen LogP contribution in [0.4, 0.5) is 0 Å². The molecule has 1 heterocycles. The Hall–Kier alpha value is -1.40. The van der Waals surface area contributed by atoms with Crippen LogP contribution in [0.25, 0.3) is 0 Å². The summed E-state index contributed by atoms with van der Waals surface area (Å²) in [6.07, 6.45) is 0.904. The standard InChI is InChI=1S/C12H19NO5/c1-3-6-13(7-8-17-2)11(14)9-4-5-10(18-9)12(15)16/h3,9-10H,1,4-8H2,2H3,(H,15,16)/t9-,10+/m0/s1. The quantitative estimate of drug-likeness (QED) is 0.663. The lowest BCUT2D eigenvalue weighted by Gasteiger charge is -2.23. The second kappa shape index (κ2) is 7.13. The molecule has 6 heteroatoms. The number of carbonyl (C=O) groups excluding carboxylic acids is 1. The van der Waals surface area contributed by atoms with Gasteiger partial charge in [-0.15, -0.1) is 6.58 Å². The molecular formula is C12H19NO5. The van der Waals surface area contributed by atoms with Crippen molar-refractivity contribution in [2.75, 3.05) is 26.8 Å². The Morgan fingerprint density at radius 1 is 1.50 bits per heavy atom. The van der Waals surface area contributed by atoms with Crippen molar-refractivity contribution in [2.45, 2.75) is 25.0 Å². The molecule has 1 fully saturated rings. The van der Waals surface area contributed by atoms with E-state index in [-0.39, 0.29) is 5.91 Å². The highest BCUT2D eigenvalue weighted by atomic mass is 16.5. The molecule has 2 atom stereocenters. The highest BCUT2D eigenvalue weighted by Gasteiger charge is 2.36. The van der Waals surface area contributed by atoms with Crippen LogP contribution in [0.3, 0.4) is 0 Å². The van der Waals surface area contributed by atoms with Gasteiger partial charge < -0.3 is 19.5 Å². The van der Waals surface area contributed by atoms with E-state index < -0.39 is 18.2 Å². The normalized spacial score (nSPS) is 22.7. The first-order valence-electron chi connectivity index (χ1n) is 5.87. The first-order valence-corrected chi connectivity index (χ1v) is 5.87. The number of rotatable bonds is 7. The van der Waals surface area contributed by atoms with Crippen LogP contribution >= 0.6 is 0 Å². The number of hydrogen-bond acceptors (Lipinski definition) is 4. The highest BCUT2D eigenvalue weighted by molar-refractivity contribution is 5.82. The van der Waals surface area contributed by atoms with E-state index in [1.807, 2.05) is 0 Å². The summed E-state index contributed by atoms with van der Waals surface area (Å²) in [5.41, 5.74) is 0. The molecule has 0 aromatic carbocycles. The molecule has 1 rings (SSSR count). The van der Waals surface area contributed by atoms with Gasteiger partial charge in [0.2, 0.25) is 0 Å². The van der Waals surface area contributed by atoms with Gasteiger partial charge in [0, 0.05) is 20.2 Å². The first kappa shape index (κ1) is 14.7. The van der Waals surface area contributed by atoms with Gasteiger partial charge >= 0.3 is 5.97 Å². The van der Waals surface area contributed by atoms with Gasteiger partial charge in [-0.2, -0.15) is 0 Å². The predicted octanol–water partition coefficient (Wildman–Crippen LogP) is 0.280. The summed E-state index contributed by atoms with van der Waals surface area (Å²) in [4.78, 5) is 24.4. The van der Waals surface area contributed by atoms with Gasteiger partial charge in [0.1, 0.15) is 6.10 Å². The van der Waals surface area contributed by atoms with Gasteiger partial charge in [0.05, 0.1) is 6.61 Å². The molecular weight excluding hydrogens is 238 g/mol. The van der Waals surface area contributed by atoms with E-state index in [2.05, 4.69) is 6.58 Å². The SMILES string of the molecule is C=CCN(CCOC)C(=O)[C@@H]1CC[C@H](C(=O)O)O1. The van der Waals surface area contributed by atoms with Crippen molar-refractivity contribution in [3.8, 4) is 0 Å². The number of ether oxygens (including phenoxy) is 2.